The van der Waals surface area contributed by atoms with Gasteiger partial charge in [-0.15, -0.1) is 0 Å². The number of nitrogens with zero attached hydrogens (tertiary/aromatic N) is 2. The Labute approximate surface area is 171 Å². The zero-order valence-electron chi connectivity index (χ0n) is 18.4. The fourth-order valence-electron chi connectivity index (χ4n) is 5.61. The van der Waals surface area contributed by atoms with Gasteiger partial charge in [-0.05, 0) is 60.0 Å². The van der Waals surface area contributed by atoms with Gasteiger partial charge >= 0.3 is 0 Å². The van der Waals surface area contributed by atoms with Crippen molar-refractivity contribution in [2.75, 3.05) is 6.54 Å². The number of rotatable bonds is 7. The van der Waals surface area contributed by atoms with E-state index in [4.69, 9.17) is 9.41 Å². The van der Waals surface area contributed by atoms with Gasteiger partial charge in [0.15, 0.2) is 0 Å². The Bertz CT molecular complexity index is 803. The summed E-state index contributed by atoms with van der Waals surface area (Å²) in [6, 6.07) is 4.64. The zero-order valence-corrected chi connectivity index (χ0v) is 19.4. The van der Waals surface area contributed by atoms with Crippen LogP contribution >= 0.6 is 0 Å². The summed E-state index contributed by atoms with van der Waals surface area (Å²) in [5.74, 6) is 0.769. The summed E-state index contributed by atoms with van der Waals surface area (Å²) in [5, 5.41) is 3.69. The fourth-order valence-corrected chi connectivity index (χ4v) is 11.2. The van der Waals surface area contributed by atoms with E-state index in [-0.39, 0.29) is 12.1 Å². The Hall–Kier alpha value is -1.17. The molecule has 2 aliphatic rings. The van der Waals surface area contributed by atoms with Crippen LogP contribution < -0.4 is 5.32 Å². The normalized spacial score (nSPS) is 23.6. The van der Waals surface area contributed by atoms with Gasteiger partial charge in [0.1, 0.15) is 5.65 Å². The summed E-state index contributed by atoms with van der Waals surface area (Å²) < 4.78 is 9.37. The van der Waals surface area contributed by atoms with Crippen LogP contribution in [0.15, 0.2) is 24.5 Å². The third kappa shape index (κ3) is 3.46. The number of nitrogens with one attached hydrogen (secondary N) is 1. The van der Waals surface area contributed by atoms with Crippen molar-refractivity contribution < 1.29 is 4.43 Å². The number of imidazole rings is 1. The molecule has 1 saturated heterocycles. The molecule has 1 aliphatic heterocycles. The van der Waals surface area contributed by atoms with Gasteiger partial charge in [0, 0.05) is 12.4 Å². The highest BCUT2D eigenvalue weighted by Crippen LogP contribution is 2.45. The molecule has 2 aromatic rings. The van der Waals surface area contributed by atoms with Gasteiger partial charge in [-0.1, -0.05) is 47.6 Å². The summed E-state index contributed by atoms with van der Waals surface area (Å²) >= 11 is 0. The lowest BCUT2D eigenvalue weighted by Gasteiger charge is -2.44. The molecule has 1 aliphatic carbocycles. The fraction of sp³-hybridized carbons (Fsp3) is 0.696. The lowest BCUT2D eigenvalue weighted by atomic mass is 10.1. The van der Waals surface area contributed by atoms with Gasteiger partial charge in [-0.25, -0.2) is 4.98 Å². The first-order valence-electron chi connectivity index (χ1n) is 11.2. The molecule has 4 rings (SSSR count). The first kappa shape index (κ1) is 20.1. The largest absolute Gasteiger partial charge is 0.411 e. The van der Waals surface area contributed by atoms with Crippen LogP contribution in [0.4, 0.5) is 0 Å². The Kier molecular flexibility index (Phi) is 5.45. The maximum Gasteiger partial charge on any atom is 0.200 e. The minimum atomic E-state index is -1.90. The van der Waals surface area contributed by atoms with Crippen molar-refractivity contribution in [3.8, 4) is 0 Å². The summed E-state index contributed by atoms with van der Waals surface area (Å²) in [7, 11) is -1.90. The molecular weight excluding hydrogens is 362 g/mol. The topological polar surface area (TPSA) is 38.6 Å². The SMILES string of the molecule is CC(C)[Si](O[C@@H]1CCN[C@H]1c1cn2cc(C3CC3)ccc2n1)(C(C)C)C(C)C. The third-order valence-electron chi connectivity index (χ3n) is 7.09. The van der Waals surface area contributed by atoms with Crippen molar-refractivity contribution in [3.05, 3.63) is 35.8 Å². The number of fused-ring (bicyclic) bond motifs is 1. The van der Waals surface area contributed by atoms with Crippen molar-refractivity contribution in [3.63, 3.8) is 0 Å². The monoisotopic (exact) mass is 399 g/mol. The van der Waals surface area contributed by atoms with E-state index in [9.17, 15) is 0 Å². The molecule has 2 aromatic heterocycles. The van der Waals surface area contributed by atoms with Gasteiger partial charge in [0.05, 0.1) is 17.8 Å². The Morgan fingerprint density at radius 2 is 1.68 bits per heavy atom. The summed E-state index contributed by atoms with van der Waals surface area (Å²) in [4.78, 5) is 4.97. The molecule has 5 heteroatoms. The van der Waals surface area contributed by atoms with E-state index >= 15 is 0 Å². The van der Waals surface area contributed by atoms with E-state index in [1.807, 2.05) is 0 Å². The molecule has 0 amide bonds. The van der Waals surface area contributed by atoms with Crippen molar-refractivity contribution in [1.82, 2.24) is 14.7 Å². The van der Waals surface area contributed by atoms with Crippen LogP contribution in [0.25, 0.3) is 5.65 Å². The minimum Gasteiger partial charge on any atom is -0.411 e. The molecule has 3 heterocycles. The van der Waals surface area contributed by atoms with Gasteiger partial charge < -0.3 is 14.1 Å². The standard InChI is InChI=1S/C23H37N3OSi/c1-15(2)28(16(3)4,17(5)6)27-21-11-12-24-23(21)20-14-26-13-19(18-7-8-18)9-10-22(26)25-20/h9-10,13-18,21,23-24H,7-8,11-12H2,1-6H3/t21-,23+/m1/s1. The molecular formula is C23H37N3OSi. The molecule has 4 nitrogen and oxygen atoms in total. The van der Waals surface area contributed by atoms with Gasteiger partial charge in [0.2, 0.25) is 8.32 Å². The van der Waals surface area contributed by atoms with E-state index < -0.39 is 8.32 Å². The minimum absolute atomic E-state index is 0.201. The predicted molar refractivity (Wildman–Crippen MR) is 118 cm³/mol. The van der Waals surface area contributed by atoms with Crippen LogP contribution in [-0.2, 0) is 4.43 Å². The molecule has 0 radical (unpaired) electrons. The summed E-state index contributed by atoms with van der Waals surface area (Å²) in [6.45, 7) is 15.2. The maximum atomic E-state index is 7.15. The van der Waals surface area contributed by atoms with Crippen molar-refractivity contribution >= 4 is 14.0 Å². The number of aromatic nitrogens is 2. The van der Waals surface area contributed by atoms with Crippen LogP contribution in [0.3, 0.4) is 0 Å². The second-order valence-corrected chi connectivity index (χ2v) is 15.3. The van der Waals surface area contributed by atoms with E-state index in [0.717, 1.165) is 30.2 Å². The van der Waals surface area contributed by atoms with E-state index in [2.05, 4.69) is 75.8 Å². The predicted octanol–water partition coefficient (Wildman–Crippen LogP) is 5.81. The second kappa shape index (κ2) is 7.58. The van der Waals surface area contributed by atoms with Crippen LogP contribution in [0.2, 0.25) is 16.6 Å². The molecule has 0 spiro atoms. The summed E-state index contributed by atoms with van der Waals surface area (Å²) in [5.41, 5.74) is 5.46. The van der Waals surface area contributed by atoms with E-state index in [1.54, 1.807) is 0 Å². The average molecular weight is 400 g/mol. The van der Waals surface area contributed by atoms with Crippen LogP contribution in [-0.4, -0.2) is 30.4 Å². The third-order valence-corrected chi connectivity index (χ3v) is 13.2. The zero-order chi connectivity index (χ0) is 20.1. The van der Waals surface area contributed by atoms with Crippen LogP contribution in [0.5, 0.6) is 0 Å². The lowest BCUT2D eigenvalue weighted by Crippen LogP contribution is -2.51. The van der Waals surface area contributed by atoms with Crippen molar-refractivity contribution in [2.24, 2.45) is 0 Å². The highest BCUT2D eigenvalue weighted by molar-refractivity contribution is 6.77. The lowest BCUT2D eigenvalue weighted by molar-refractivity contribution is 0.158. The molecule has 0 bridgehead atoms. The van der Waals surface area contributed by atoms with Gasteiger partial charge in [0.25, 0.3) is 0 Å². The molecule has 1 saturated carbocycles. The molecule has 1 N–H and O–H groups in total. The van der Waals surface area contributed by atoms with Crippen LogP contribution in [0, 0.1) is 0 Å². The Balaban J connectivity index is 1.61. The number of hydrogen-bond donors (Lipinski definition) is 1. The Morgan fingerprint density at radius 3 is 2.29 bits per heavy atom. The van der Waals surface area contributed by atoms with Crippen molar-refractivity contribution in [1.29, 1.82) is 0 Å². The molecule has 0 unspecified atom stereocenters. The van der Waals surface area contributed by atoms with E-state index in [0.29, 0.717) is 16.6 Å². The summed E-state index contributed by atoms with van der Waals surface area (Å²) in [6.07, 6.45) is 8.48. The molecule has 0 aromatic carbocycles. The highest BCUT2D eigenvalue weighted by Gasteiger charge is 2.48. The molecule has 2 atom stereocenters. The van der Waals surface area contributed by atoms with Crippen LogP contribution in [0.1, 0.15) is 84.0 Å². The first-order chi connectivity index (χ1) is 13.3. The molecule has 2 fully saturated rings. The molecule has 154 valence electrons. The molecule has 28 heavy (non-hydrogen) atoms. The van der Waals surface area contributed by atoms with Gasteiger partial charge in [-0.2, -0.15) is 0 Å². The second-order valence-electron chi connectivity index (χ2n) is 9.86. The highest BCUT2D eigenvalue weighted by atomic mass is 28.4. The Morgan fingerprint density at radius 1 is 1.00 bits per heavy atom. The smallest absolute Gasteiger partial charge is 0.200 e. The quantitative estimate of drug-likeness (QED) is 0.597. The number of pyridine rings is 1. The maximum absolute atomic E-state index is 7.15. The van der Waals surface area contributed by atoms with E-state index in [1.165, 1.54) is 18.4 Å². The first-order valence-corrected chi connectivity index (χ1v) is 13.4. The average Bonchev–Trinajstić information content (AvgIpc) is 3.24. The van der Waals surface area contributed by atoms with Crippen molar-refractivity contribution in [2.45, 2.75) is 95.5 Å². The van der Waals surface area contributed by atoms with Gasteiger partial charge in [-0.3, -0.25) is 0 Å². The number of hydrogen-bond acceptors (Lipinski definition) is 3.